The SMILES string of the molecule is COc1cc2c(N3CCCCC3)ncc(C)c2cc1C(N)=O. The van der Waals surface area contributed by atoms with E-state index in [1.807, 2.05) is 25.3 Å². The van der Waals surface area contributed by atoms with Gasteiger partial charge in [-0.25, -0.2) is 4.98 Å². The van der Waals surface area contributed by atoms with Crippen molar-refractivity contribution in [2.24, 2.45) is 5.73 Å². The summed E-state index contributed by atoms with van der Waals surface area (Å²) in [6, 6.07) is 3.71. The Hall–Kier alpha value is -2.30. The summed E-state index contributed by atoms with van der Waals surface area (Å²) in [6.07, 6.45) is 5.51. The summed E-state index contributed by atoms with van der Waals surface area (Å²) in [5.74, 6) is 0.995. The molecule has 1 saturated heterocycles. The smallest absolute Gasteiger partial charge is 0.252 e. The minimum Gasteiger partial charge on any atom is -0.496 e. The molecule has 1 fully saturated rings. The topological polar surface area (TPSA) is 68.4 Å². The summed E-state index contributed by atoms with van der Waals surface area (Å²) in [7, 11) is 1.55. The number of primary amides is 1. The molecule has 5 heteroatoms. The zero-order valence-corrected chi connectivity index (χ0v) is 13.1. The molecule has 5 nitrogen and oxygen atoms in total. The van der Waals surface area contributed by atoms with E-state index >= 15 is 0 Å². The predicted octanol–water partition coefficient (Wildman–Crippen LogP) is 2.64. The molecular weight excluding hydrogens is 278 g/mol. The van der Waals surface area contributed by atoms with Crippen LogP contribution in [0.15, 0.2) is 18.3 Å². The van der Waals surface area contributed by atoms with Crippen molar-refractivity contribution >= 4 is 22.5 Å². The number of ether oxygens (including phenoxy) is 1. The van der Waals surface area contributed by atoms with Crippen molar-refractivity contribution in [2.45, 2.75) is 26.2 Å². The van der Waals surface area contributed by atoms with Gasteiger partial charge in [-0.15, -0.1) is 0 Å². The lowest BCUT2D eigenvalue weighted by atomic mass is 10.0. The quantitative estimate of drug-likeness (QED) is 0.946. The van der Waals surface area contributed by atoms with Gasteiger partial charge in [0.2, 0.25) is 0 Å². The zero-order valence-electron chi connectivity index (χ0n) is 13.1. The number of carbonyl (C=O) groups is 1. The van der Waals surface area contributed by atoms with Gasteiger partial charge < -0.3 is 15.4 Å². The van der Waals surface area contributed by atoms with E-state index in [-0.39, 0.29) is 0 Å². The lowest BCUT2D eigenvalue weighted by molar-refractivity contribution is 0.0997. The molecule has 2 N–H and O–H groups in total. The van der Waals surface area contributed by atoms with E-state index in [9.17, 15) is 4.79 Å². The van der Waals surface area contributed by atoms with Crippen LogP contribution in [0, 0.1) is 6.92 Å². The van der Waals surface area contributed by atoms with Gasteiger partial charge in [-0.05, 0) is 49.3 Å². The molecule has 3 rings (SSSR count). The number of fused-ring (bicyclic) bond motifs is 1. The van der Waals surface area contributed by atoms with Gasteiger partial charge in [-0.3, -0.25) is 4.79 Å². The van der Waals surface area contributed by atoms with Gasteiger partial charge in [0.25, 0.3) is 5.91 Å². The number of nitrogens with zero attached hydrogens (tertiary/aromatic N) is 2. The van der Waals surface area contributed by atoms with E-state index in [1.54, 1.807) is 7.11 Å². The summed E-state index contributed by atoms with van der Waals surface area (Å²) in [6.45, 7) is 4.03. The van der Waals surface area contributed by atoms with Crippen molar-refractivity contribution in [3.63, 3.8) is 0 Å². The van der Waals surface area contributed by atoms with E-state index in [0.29, 0.717) is 11.3 Å². The maximum Gasteiger partial charge on any atom is 0.252 e. The fraction of sp³-hybridized carbons (Fsp3) is 0.412. The Morgan fingerprint density at radius 1 is 1.23 bits per heavy atom. The predicted molar refractivity (Wildman–Crippen MR) is 87.6 cm³/mol. The van der Waals surface area contributed by atoms with Crippen LogP contribution in [0.2, 0.25) is 0 Å². The standard InChI is InChI=1S/C17H21N3O2/c1-11-10-19-17(20-6-4-3-5-7-20)13-9-15(22-2)14(16(18)21)8-12(11)13/h8-10H,3-7H2,1-2H3,(H2,18,21). The van der Waals surface area contributed by atoms with Crippen LogP contribution in [-0.2, 0) is 0 Å². The van der Waals surface area contributed by atoms with Crippen molar-refractivity contribution in [1.29, 1.82) is 0 Å². The van der Waals surface area contributed by atoms with Gasteiger partial charge in [0.05, 0.1) is 12.7 Å². The second kappa shape index (κ2) is 5.83. The van der Waals surface area contributed by atoms with E-state index < -0.39 is 5.91 Å². The maximum absolute atomic E-state index is 11.6. The van der Waals surface area contributed by atoms with Crippen LogP contribution in [0.3, 0.4) is 0 Å². The molecule has 0 saturated carbocycles. The molecule has 116 valence electrons. The third kappa shape index (κ3) is 2.47. The van der Waals surface area contributed by atoms with E-state index in [0.717, 1.165) is 35.2 Å². The average molecular weight is 299 g/mol. The molecule has 0 radical (unpaired) electrons. The first kappa shape index (κ1) is 14.6. The molecule has 0 atom stereocenters. The van der Waals surface area contributed by atoms with Crippen LogP contribution in [-0.4, -0.2) is 31.1 Å². The maximum atomic E-state index is 11.6. The second-order valence-corrected chi connectivity index (χ2v) is 5.77. The number of benzene rings is 1. The number of nitrogens with two attached hydrogens (primary N) is 1. The number of rotatable bonds is 3. The lowest BCUT2D eigenvalue weighted by Crippen LogP contribution is -2.30. The number of amides is 1. The highest BCUT2D eigenvalue weighted by atomic mass is 16.5. The van der Waals surface area contributed by atoms with Crippen molar-refractivity contribution in [3.05, 3.63) is 29.5 Å². The number of carbonyl (C=O) groups excluding carboxylic acids is 1. The van der Waals surface area contributed by atoms with Gasteiger partial charge in [0.15, 0.2) is 0 Å². The Balaban J connectivity index is 2.22. The van der Waals surface area contributed by atoms with Gasteiger partial charge in [0.1, 0.15) is 11.6 Å². The van der Waals surface area contributed by atoms with Gasteiger partial charge in [0, 0.05) is 24.7 Å². The molecule has 0 aliphatic carbocycles. The van der Waals surface area contributed by atoms with E-state index in [1.165, 1.54) is 19.3 Å². The summed E-state index contributed by atoms with van der Waals surface area (Å²) < 4.78 is 5.35. The van der Waals surface area contributed by atoms with Crippen LogP contribution in [0.25, 0.3) is 10.8 Å². The second-order valence-electron chi connectivity index (χ2n) is 5.77. The highest BCUT2D eigenvalue weighted by Gasteiger charge is 2.19. The Labute approximate surface area is 130 Å². The van der Waals surface area contributed by atoms with Gasteiger partial charge >= 0.3 is 0 Å². The molecule has 1 aromatic heterocycles. The fourth-order valence-corrected chi connectivity index (χ4v) is 3.11. The van der Waals surface area contributed by atoms with Crippen LogP contribution < -0.4 is 15.4 Å². The minimum atomic E-state index is -0.477. The Kier molecular flexibility index (Phi) is 3.88. The normalized spacial score (nSPS) is 15.1. The summed E-state index contributed by atoms with van der Waals surface area (Å²) in [5.41, 5.74) is 6.91. The molecule has 1 aliphatic heterocycles. The Bertz CT molecular complexity index is 721. The first-order valence-corrected chi connectivity index (χ1v) is 7.64. The van der Waals surface area contributed by atoms with Crippen LogP contribution in [0.1, 0.15) is 35.2 Å². The van der Waals surface area contributed by atoms with Crippen LogP contribution >= 0.6 is 0 Å². The number of methoxy groups -OCH3 is 1. The van der Waals surface area contributed by atoms with E-state index in [4.69, 9.17) is 10.5 Å². The molecule has 2 heterocycles. The Morgan fingerprint density at radius 2 is 1.95 bits per heavy atom. The van der Waals surface area contributed by atoms with Crippen molar-refractivity contribution < 1.29 is 9.53 Å². The number of pyridine rings is 1. The number of anilines is 1. The summed E-state index contributed by atoms with van der Waals surface area (Å²) in [5, 5.41) is 2.02. The first-order chi connectivity index (χ1) is 10.6. The molecule has 1 aliphatic rings. The highest BCUT2D eigenvalue weighted by molar-refractivity contribution is 6.04. The third-order valence-corrected chi connectivity index (χ3v) is 4.31. The molecule has 1 amide bonds. The van der Waals surface area contributed by atoms with Crippen LogP contribution in [0.5, 0.6) is 5.75 Å². The average Bonchev–Trinajstić information content (AvgIpc) is 2.55. The molecule has 0 bridgehead atoms. The number of hydrogen-bond donors (Lipinski definition) is 1. The van der Waals surface area contributed by atoms with Crippen LogP contribution in [0.4, 0.5) is 5.82 Å². The fourth-order valence-electron chi connectivity index (χ4n) is 3.11. The molecule has 22 heavy (non-hydrogen) atoms. The first-order valence-electron chi connectivity index (χ1n) is 7.64. The minimum absolute atomic E-state index is 0.411. The lowest BCUT2D eigenvalue weighted by Gasteiger charge is -2.29. The van der Waals surface area contributed by atoms with E-state index in [2.05, 4.69) is 9.88 Å². The van der Waals surface area contributed by atoms with Crippen molar-refractivity contribution in [2.75, 3.05) is 25.1 Å². The number of aromatic nitrogens is 1. The molecule has 0 spiro atoms. The molecular formula is C17H21N3O2. The zero-order chi connectivity index (χ0) is 15.7. The van der Waals surface area contributed by atoms with Gasteiger partial charge in [-0.2, -0.15) is 0 Å². The molecule has 2 aromatic rings. The monoisotopic (exact) mass is 299 g/mol. The summed E-state index contributed by atoms with van der Waals surface area (Å²) in [4.78, 5) is 18.6. The number of piperidine rings is 1. The van der Waals surface area contributed by atoms with Crippen molar-refractivity contribution in [3.8, 4) is 5.75 Å². The molecule has 1 aromatic carbocycles. The number of hydrogen-bond acceptors (Lipinski definition) is 4. The van der Waals surface area contributed by atoms with Crippen molar-refractivity contribution in [1.82, 2.24) is 4.98 Å². The Morgan fingerprint density at radius 3 is 2.59 bits per heavy atom. The van der Waals surface area contributed by atoms with Gasteiger partial charge in [-0.1, -0.05) is 0 Å². The number of aryl methyl sites for hydroxylation is 1. The molecule has 0 unspecified atom stereocenters. The summed E-state index contributed by atoms with van der Waals surface area (Å²) >= 11 is 0. The third-order valence-electron chi connectivity index (χ3n) is 4.31. The largest absolute Gasteiger partial charge is 0.496 e. The highest BCUT2D eigenvalue weighted by Crippen LogP contribution is 2.34.